The second-order valence-corrected chi connectivity index (χ2v) is 8.61. The summed E-state index contributed by atoms with van der Waals surface area (Å²) < 4.78 is 43.8. The van der Waals surface area contributed by atoms with E-state index >= 15 is 0 Å². The SMILES string of the molecule is Cc1ccn(CCNC(=O)[C@H]2C[C@H](c3c(-c4ccc(F)cc4)[nH]c4c(F)cc(F)cc43)C2)n1. The largest absolute Gasteiger partial charge is 0.354 e. The van der Waals surface area contributed by atoms with Gasteiger partial charge in [0.2, 0.25) is 5.91 Å². The fourth-order valence-electron chi connectivity index (χ4n) is 4.60. The van der Waals surface area contributed by atoms with Crippen LogP contribution in [0, 0.1) is 30.3 Å². The molecule has 0 atom stereocenters. The van der Waals surface area contributed by atoms with E-state index in [1.807, 2.05) is 19.2 Å². The number of aryl methyl sites for hydroxylation is 1. The molecule has 1 amide bonds. The molecule has 0 radical (unpaired) electrons. The van der Waals surface area contributed by atoms with E-state index in [1.165, 1.54) is 18.2 Å². The highest BCUT2D eigenvalue weighted by Gasteiger charge is 2.38. The van der Waals surface area contributed by atoms with Crippen LogP contribution < -0.4 is 5.32 Å². The molecule has 1 aliphatic carbocycles. The van der Waals surface area contributed by atoms with Crippen molar-refractivity contribution in [3.05, 3.63) is 77.4 Å². The molecule has 5 rings (SSSR count). The zero-order valence-corrected chi connectivity index (χ0v) is 18.0. The summed E-state index contributed by atoms with van der Waals surface area (Å²) in [7, 11) is 0. The van der Waals surface area contributed by atoms with Crippen molar-refractivity contribution in [2.75, 3.05) is 6.54 Å². The quantitative estimate of drug-likeness (QED) is 0.429. The second-order valence-electron chi connectivity index (χ2n) is 8.61. The summed E-state index contributed by atoms with van der Waals surface area (Å²) in [4.78, 5) is 15.7. The number of fused-ring (bicyclic) bond motifs is 1. The average molecular weight is 452 g/mol. The molecule has 1 saturated carbocycles. The molecule has 2 aromatic heterocycles. The van der Waals surface area contributed by atoms with Crippen molar-refractivity contribution in [3.8, 4) is 11.3 Å². The van der Waals surface area contributed by atoms with Crippen LogP contribution in [0.1, 0.15) is 30.0 Å². The molecule has 0 bridgehead atoms. The van der Waals surface area contributed by atoms with E-state index in [0.717, 1.165) is 17.3 Å². The molecule has 2 N–H and O–H groups in total. The third kappa shape index (κ3) is 4.13. The third-order valence-corrected chi connectivity index (χ3v) is 6.33. The van der Waals surface area contributed by atoms with Crippen LogP contribution in [0.2, 0.25) is 0 Å². The van der Waals surface area contributed by atoms with Gasteiger partial charge in [-0.15, -0.1) is 0 Å². The number of benzene rings is 2. The molecule has 4 aromatic rings. The summed E-state index contributed by atoms with van der Waals surface area (Å²) in [5, 5.41) is 7.71. The van der Waals surface area contributed by atoms with Gasteiger partial charge < -0.3 is 10.3 Å². The van der Waals surface area contributed by atoms with Crippen molar-refractivity contribution in [3.63, 3.8) is 0 Å². The summed E-state index contributed by atoms with van der Waals surface area (Å²) in [5.41, 5.74) is 3.23. The van der Waals surface area contributed by atoms with E-state index < -0.39 is 11.6 Å². The minimum absolute atomic E-state index is 0.0318. The van der Waals surface area contributed by atoms with Crippen molar-refractivity contribution < 1.29 is 18.0 Å². The van der Waals surface area contributed by atoms with E-state index in [1.54, 1.807) is 16.8 Å². The second kappa shape index (κ2) is 8.42. The first kappa shape index (κ1) is 21.3. The Kier molecular flexibility index (Phi) is 5.44. The Morgan fingerprint density at radius 3 is 2.58 bits per heavy atom. The number of hydrogen-bond acceptors (Lipinski definition) is 2. The zero-order chi connectivity index (χ0) is 23.1. The highest BCUT2D eigenvalue weighted by atomic mass is 19.1. The first-order valence-corrected chi connectivity index (χ1v) is 10.9. The number of hydrogen-bond donors (Lipinski definition) is 2. The smallest absolute Gasteiger partial charge is 0.223 e. The Balaban J connectivity index is 1.35. The van der Waals surface area contributed by atoms with Crippen LogP contribution in [-0.2, 0) is 11.3 Å². The number of amides is 1. The summed E-state index contributed by atoms with van der Waals surface area (Å²) in [6, 6.07) is 9.95. The number of nitrogens with one attached hydrogen (secondary N) is 2. The van der Waals surface area contributed by atoms with E-state index in [4.69, 9.17) is 0 Å². The first-order valence-electron chi connectivity index (χ1n) is 10.9. The highest BCUT2D eigenvalue weighted by Crippen LogP contribution is 2.48. The maximum atomic E-state index is 14.5. The highest BCUT2D eigenvalue weighted by molar-refractivity contribution is 5.92. The summed E-state index contributed by atoms with van der Waals surface area (Å²) in [5.74, 6) is -1.95. The molecule has 0 saturated heterocycles. The number of halogens is 3. The standard InChI is InChI=1S/C25H23F3N4O/c1-14-6-8-32(31-14)9-7-29-25(33)17-10-16(11-17)22-20-12-19(27)13-21(28)24(20)30-23(22)15-2-4-18(26)5-3-15/h2-6,8,12-13,16-17,30H,7,9-11H2,1H3,(H,29,33)/t16-,17-. The Hall–Kier alpha value is -3.55. The summed E-state index contributed by atoms with van der Waals surface area (Å²) in [6.07, 6.45) is 3.02. The maximum absolute atomic E-state index is 14.5. The normalized spacial score (nSPS) is 17.8. The molecule has 2 heterocycles. The maximum Gasteiger partial charge on any atom is 0.223 e. The van der Waals surface area contributed by atoms with Crippen molar-refractivity contribution >= 4 is 16.8 Å². The summed E-state index contributed by atoms with van der Waals surface area (Å²) in [6.45, 7) is 2.98. The number of nitrogens with zero attached hydrogens (tertiary/aromatic N) is 2. The van der Waals surface area contributed by atoms with Gasteiger partial charge in [-0.2, -0.15) is 5.10 Å². The van der Waals surface area contributed by atoms with Crippen molar-refractivity contribution in [1.29, 1.82) is 0 Å². The van der Waals surface area contributed by atoms with Gasteiger partial charge in [-0.25, -0.2) is 13.2 Å². The van der Waals surface area contributed by atoms with E-state index in [-0.39, 0.29) is 29.1 Å². The van der Waals surface area contributed by atoms with Crippen LogP contribution in [0.15, 0.2) is 48.7 Å². The van der Waals surface area contributed by atoms with Crippen LogP contribution in [0.5, 0.6) is 0 Å². The monoisotopic (exact) mass is 452 g/mol. The lowest BCUT2D eigenvalue weighted by Crippen LogP contribution is -2.39. The minimum atomic E-state index is -0.679. The molecule has 5 nitrogen and oxygen atoms in total. The Bertz CT molecular complexity index is 1320. The molecule has 0 aliphatic heterocycles. The van der Waals surface area contributed by atoms with E-state index in [9.17, 15) is 18.0 Å². The predicted molar refractivity (Wildman–Crippen MR) is 119 cm³/mol. The van der Waals surface area contributed by atoms with Gasteiger partial charge in [-0.1, -0.05) is 0 Å². The molecule has 1 aliphatic rings. The van der Waals surface area contributed by atoms with Gasteiger partial charge in [0.1, 0.15) is 17.5 Å². The van der Waals surface area contributed by atoms with Crippen LogP contribution in [0.25, 0.3) is 22.2 Å². The molecular weight excluding hydrogens is 429 g/mol. The van der Waals surface area contributed by atoms with Gasteiger partial charge in [-0.3, -0.25) is 9.48 Å². The fraction of sp³-hybridized carbons (Fsp3) is 0.280. The van der Waals surface area contributed by atoms with Crippen LogP contribution in [-0.4, -0.2) is 27.2 Å². The van der Waals surface area contributed by atoms with Crippen molar-refractivity contribution in [2.45, 2.75) is 32.2 Å². The molecular formula is C25H23F3N4O. The van der Waals surface area contributed by atoms with Gasteiger partial charge in [-0.05, 0) is 73.2 Å². The molecule has 2 aromatic carbocycles. The molecule has 170 valence electrons. The lowest BCUT2D eigenvalue weighted by Gasteiger charge is -2.35. The number of H-pyrrole nitrogens is 1. The Morgan fingerprint density at radius 2 is 1.88 bits per heavy atom. The zero-order valence-electron chi connectivity index (χ0n) is 18.0. The molecule has 0 spiro atoms. The Labute approximate surface area is 188 Å². The van der Waals surface area contributed by atoms with Gasteiger partial charge in [0, 0.05) is 30.1 Å². The van der Waals surface area contributed by atoms with Gasteiger partial charge in [0.05, 0.1) is 23.4 Å². The number of carbonyl (C=O) groups is 1. The lowest BCUT2D eigenvalue weighted by atomic mass is 9.70. The average Bonchev–Trinajstić information content (AvgIpc) is 3.32. The number of aromatic amines is 1. The minimum Gasteiger partial charge on any atom is -0.354 e. The van der Waals surface area contributed by atoms with Crippen LogP contribution in [0.4, 0.5) is 13.2 Å². The molecule has 0 unspecified atom stereocenters. The molecule has 8 heteroatoms. The van der Waals surface area contributed by atoms with Crippen molar-refractivity contribution in [1.82, 2.24) is 20.1 Å². The topological polar surface area (TPSA) is 62.7 Å². The lowest BCUT2D eigenvalue weighted by molar-refractivity contribution is -0.128. The number of rotatable bonds is 6. The van der Waals surface area contributed by atoms with Gasteiger partial charge in [0.15, 0.2) is 0 Å². The summed E-state index contributed by atoms with van der Waals surface area (Å²) >= 11 is 0. The van der Waals surface area contributed by atoms with E-state index in [0.29, 0.717) is 42.6 Å². The third-order valence-electron chi connectivity index (χ3n) is 6.33. The molecule has 33 heavy (non-hydrogen) atoms. The molecule has 1 fully saturated rings. The van der Waals surface area contributed by atoms with Crippen LogP contribution in [0.3, 0.4) is 0 Å². The van der Waals surface area contributed by atoms with Gasteiger partial charge >= 0.3 is 0 Å². The number of carbonyl (C=O) groups excluding carboxylic acids is 1. The Morgan fingerprint density at radius 1 is 1.12 bits per heavy atom. The number of aromatic nitrogens is 3. The van der Waals surface area contributed by atoms with E-state index in [2.05, 4.69) is 15.4 Å². The fourth-order valence-corrected chi connectivity index (χ4v) is 4.60. The van der Waals surface area contributed by atoms with Crippen molar-refractivity contribution in [2.24, 2.45) is 5.92 Å². The first-order chi connectivity index (χ1) is 15.9. The van der Waals surface area contributed by atoms with Crippen LogP contribution >= 0.6 is 0 Å². The predicted octanol–water partition coefficient (Wildman–Crippen LogP) is 5.07. The van der Waals surface area contributed by atoms with Gasteiger partial charge in [0.25, 0.3) is 0 Å².